The van der Waals surface area contributed by atoms with E-state index in [1.54, 1.807) is 19.4 Å². The molecule has 2 aromatic carbocycles. The first kappa shape index (κ1) is 16.3. The molecule has 3 rings (SSSR count). The summed E-state index contributed by atoms with van der Waals surface area (Å²) in [5, 5.41) is 13.3. The van der Waals surface area contributed by atoms with Crippen LogP contribution in [-0.2, 0) is 6.54 Å². The van der Waals surface area contributed by atoms with E-state index in [-0.39, 0.29) is 0 Å². The zero-order chi connectivity index (χ0) is 17.5. The predicted molar refractivity (Wildman–Crippen MR) is 96.3 cm³/mol. The average molecular weight is 331 g/mol. The van der Waals surface area contributed by atoms with Crippen molar-refractivity contribution in [2.75, 3.05) is 7.11 Å². The third-order valence-electron chi connectivity index (χ3n) is 3.68. The first-order valence-corrected chi connectivity index (χ1v) is 7.79. The molecule has 0 saturated heterocycles. The molecule has 5 nitrogen and oxygen atoms in total. The van der Waals surface area contributed by atoms with E-state index in [0.29, 0.717) is 23.6 Å². The van der Waals surface area contributed by atoms with Crippen LogP contribution in [0.2, 0.25) is 0 Å². The highest BCUT2D eigenvalue weighted by molar-refractivity contribution is 5.78. The van der Waals surface area contributed by atoms with Gasteiger partial charge in [-0.3, -0.25) is 0 Å². The van der Waals surface area contributed by atoms with Crippen LogP contribution in [0.4, 0.5) is 0 Å². The van der Waals surface area contributed by atoms with E-state index in [4.69, 9.17) is 9.15 Å². The van der Waals surface area contributed by atoms with Crippen LogP contribution >= 0.6 is 0 Å². The van der Waals surface area contributed by atoms with Crippen molar-refractivity contribution in [3.05, 3.63) is 77.6 Å². The Balaban J connectivity index is 1.65. The molecule has 0 amide bonds. The van der Waals surface area contributed by atoms with Crippen LogP contribution in [0.15, 0.2) is 70.2 Å². The Hall–Kier alpha value is -3.52. The van der Waals surface area contributed by atoms with Gasteiger partial charge in [0.15, 0.2) is 0 Å². The fraction of sp³-hybridized carbons (Fsp3) is 0.100. The highest BCUT2D eigenvalue weighted by atomic mass is 16.5. The molecule has 0 radical (unpaired) electrons. The van der Waals surface area contributed by atoms with Crippen molar-refractivity contribution in [2.45, 2.75) is 6.54 Å². The Kier molecular flexibility index (Phi) is 5.13. The topological polar surface area (TPSA) is 70.5 Å². The Morgan fingerprint density at radius 1 is 1.12 bits per heavy atom. The number of para-hydroxylation sites is 1. The van der Waals surface area contributed by atoms with Crippen LogP contribution in [-0.4, -0.2) is 13.3 Å². The second-order valence-corrected chi connectivity index (χ2v) is 5.26. The maximum atomic E-state index is 9.17. The van der Waals surface area contributed by atoms with Crippen molar-refractivity contribution in [2.24, 2.45) is 5.10 Å². The Morgan fingerprint density at radius 3 is 2.76 bits per heavy atom. The number of rotatable bonds is 6. The Bertz CT molecular complexity index is 922. The second kappa shape index (κ2) is 7.84. The number of ether oxygens (including phenoxy) is 1. The van der Waals surface area contributed by atoms with E-state index in [1.807, 2.05) is 54.6 Å². The van der Waals surface area contributed by atoms with Crippen molar-refractivity contribution < 1.29 is 9.15 Å². The van der Waals surface area contributed by atoms with E-state index in [9.17, 15) is 5.26 Å². The molecule has 0 atom stereocenters. The van der Waals surface area contributed by atoms with Gasteiger partial charge in [0.1, 0.15) is 17.3 Å². The predicted octanol–water partition coefficient (Wildman–Crippen LogP) is 3.95. The molecule has 0 aliphatic heterocycles. The highest BCUT2D eigenvalue weighted by Gasteiger charge is 2.08. The maximum absolute atomic E-state index is 9.17. The van der Waals surface area contributed by atoms with Crippen molar-refractivity contribution in [1.29, 1.82) is 5.26 Å². The van der Waals surface area contributed by atoms with Gasteiger partial charge in [-0.15, -0.1) is 0 Å². The summed E-state index contributed by atoms with van der Waals surface area (Å²) in [7, 11) is 1.64. The van der Waals surface area contributed by atoms with Crippen molar-refractivity contribution >= 4 is 6.21 Å². The molecule has 0 spiro atoms. The fourth-order valence-electron chi connectivity index (χ4n) is 2.45. The molecule has 0 fully saturated rings. The number of hydrogen-bond donors (Lipinski definition) is 1. The Morgan fingerprint density at radius 2 is 1.92 bits per heavy atom. The van der Waals surface area contributed by atoms with Crippen LogP contribution < -0.4 is 10.2 Å². The first-order valence-electron chi connectivity index (χ1n) is 7.79. The number of hydrogen-bond acceptors (Lipinski definition) is 5. The molecule has 1 aromatic heterocycles. The van der Waals surface area contributed by atoms with Crippen LogP contribution in [0.5, 0.6) is 5.75 Å². The molecule has 0 aliphatic rings. The minimum absolute atomic E-state index is 0.547. The van der Waals surface area contributed by atoms with Gasteiger partial charge in [-0.1, -0.05) is 30.3 Å². The van der Waals surface area contributed by atoms with Gasteiger partial charge >= 0.3 is 0 Å². The van der Waals surface area contributed by atoms with Crippen LogP contribution in [0.25, 0.3) is 11.3 Å². The largest absolute Gasteiger partial charge is 0.496 e. The second-order valence-electron chi connectivity index (χ2n) is 5.26. The lowest BCUT2D eigenvalue weighted by atomic mass is 10.1. The lowest BCUT2D eigenvalue weighted by Crippen LogP contribution is -2.06. The van der Waals surface area contributed by atoms with Gasteiger partial charge in [0, 0.05) is 11.1 Å². The molecule has 124 valence electrons. The molecular formula is C20H17N3O2. The fourth-order valence-corrected chi connectivity index (χ4v) is 2.45. The minimum atomic E-state index is 0.547. The summed E-state index contributed by atoms with van der Waals surface area (Å²) in [6, 6.07) is 20.9. The number of benzene rings is 2. The highest BCUT2D eigenvalue weighted by Crippen LogP contribution is 2.24. The number of nitrogens with one attached hydrogen (secondary N) is 1. The van der Waals surface area contributed by atoms with Crippen LogP contribution in [0, 0.1) is 11.3 Å². The smallest absolute Gasteiger partial charge is 0.147 e. The van der Waals surface area contributed by atoms with Crippen LogP contribution in [0.3, 0.4) is 0 Å². The maximum Gasteiger partial charge on any atom is 0.147 e. The third-order valence-corrected chi connectivity index (χ3v) is 3.68. The van der Waals surface area contributed by atoms with Crippen molar-refractivity contribution in [3.63, 3.8) is 0 Å². The van der Waals surface area contributed by atoms with Gasteiger partial charge in [0.25, 0.3) is 0 Å². The number of methoxy groups -OCH3 is 1. The van der Waals surface area contributed by atoms with Gasteiger partial charge < -0.3 is 14.6 Å². The molecule has 0 unspecified atom stereocenters. The van der Waals surface area contributed by atoms with E-state index in [2.05, 4.69) is 16.6 Å². The number of hydrazone groups is 1. The molecular weight excluding hydrogens is 314 g/mol. The lowest BCUT2D eigenvalue weighted by Gasteiger charge is -2.06. The standard InChI is InChI=1S/C20H17N3O2/c1-24-19-9-5-3-7-16(19)13-22-23-14-17-10-11-20(25-17)18-8-4-2-6-15(18)12-21/h2-11,14,22H,13H2,1H3/b23-14-. The van der Waals surface area contributed by atoms with E-state index in [0.717, 1.165) is 16.9 Å². The van der Waals surface area contributed by atoms with Gasteiger partial charge in [0.2, 0.25) is 0 Å². The molecule has 25 heavy (non-hydrogen) atoms. The normalized spacial score (nSPS) is 10.6. The SMILES string of the molecule is COc1ccccc1CN/N=C\c1ccc(-c2ccccc2C#N)o1. The number of furan rings is 1. The van der Waals surface area contributed by atoms with Crippen molar-refractivity contribution in [1.82, 2.24) is 5.43 Å². The zero-order valence-corrected chi connectivity index (χ0v) is 13.8. The van der Waals surface area contributed by atoms with Crippen molar-refractivity contribution in [3.8, 4) is 23.1 Å². The summed E-state index contributed by atoms with van der Waals surface area (Å²) in [5.41, 5.74) is 5.34. The summed E-state index contributed by atoms with van der Waals surface area (Å²) in [6.07, 6.45) is 1.61. The third kappa shape index (κ3) is 3.88. The van der Waals surface area contributed by atoms with Gasteiger partial charge in [0.05, 0.1) is 31.5 Å². The molecule has 1 N–H and O–H groups in total. The van der Waals surface area contributed by atoms with Gasteiger partial charge in [-0.25, -0.2) is 0 Å². The minimum Gasteiger partial charge on any atom is -0.496 e. The number of nitriles is 1. The summed E-state index contributed by atoms with van der Waals surface area (Å²) in [5.74, 6) is 2.07. The average Bonchev–Trinajstić information content (AvgIpc) is 3.14. The monoisotopic (exact) mass is 331 g/mol. The van der Waals surface area contributed by atoms with Crippen LogP contribution in [0.1, 0.15) is 16.9 Å². The van der Waals surface area contributed by atoms with E-state index >= 15 is 0 Å². The zero-order valence-electron chi connectivity index (χ0n) is 13.8. The van der Waals surface area contributed by atoms with Gasteiger partial charge in [-0.2, -0.15) is 10.4 Å². The van der Waals surface area contributed by atoms with Gasteiger partial charge in [-0.05, 0) is 30.3 Å². The molecule has 1 heterocycles. The summed E-state index contributed by atoms with van der Waals surface area (Å²) < 4.78 is 11.0. The molecule has 3 aromatic rings. The molecule has 0 bridgehead atoms. The molecule has 0 aliphatic carbocycles. The Labute approximate surface area is 146 Å². The summed E-state index contributed by atoms with van der Waals surface area (Å²) in [6.45, 7) is 0.547. The first-order chi connectivity index (χ1) is 12.3. The molecule has 0 saturated carbocycles. The summed E-state index contributed by atoms with van der Waals surface area (Å²) in [4.78, 5) is 0. The van der Waals surface area contributed by atoms with E-state index in [1.165, 1.54) is 0 Å². The summed E-state index contributed by atoms with van der Waals surface area (Å²) >= 11 is 0. The van der Waals surface area contributed by atoms with E-state index < -0.39 is 0 Å². The quantitative estimate of drug-likeness (QED) is 0.548. The lowest BCUT2D eigenvalue weighted by molar-refractivity contribution is 0.408. The molecule has 5 heteroatoms. The number of nitrogens with zero attached hydrogens (tertiary/aromatic N) is 2.